The van der Waals surface area contributed by atoms with E-state index in [2.05, 4.69) is 161 Å². The molecule has 0 spiro atoms. The Morgan fingerprint density at radius 2 is 1.05 bits per heavy atom. The Balaban J connectivity index is 1.20. The lowest BCUT2D eigenvalue weighted by Gasteiger charge is -2.34. The standard InChI is InChI=1S/C55H59N/c1-6-8-10-14-32-55(33-15-11-9-7-2)52-34-39(4)20-29-47(52)48-30-27-45(37-53(48)55)56(43-25-18-38(3)19-26-43)44-28-31-51-49(36-44)46-16-12-13-17-50(46)54(51,5)42-24-23-40-21-22-41(40)35-42/h12-13,16-20,23-31,34-37H,6-11,14-15,21-22,32-33H2,1-5H3. The van der Waals surface area contributed by atoms with Crippen LogP contribution in [-0.4, -0.2) is 0 Å². The van der Waals surface area contributed by atoms with Gasteiger partial charge >= 0.3 is 0 Å². The maximum Gasteiger partial charge on any atom is 0.0468 e. The fourth-order valence-electron chi connectivity index (χ4n) is 10.7. The lowest BCUT2D eigenvalue weighted by Crippen LogP contribution is -2.26. The van der Waals surface area contributed by atoms with Gasteiger partial charge in [-0.15, -0.1) is 0 Å². The molecule has 0 heterocycles. The molecule has 284 valence electrons. The molecule has 0 bridgehead atoms. The van der Waals surface area contributed by atoms with Crippen molar-refractivity contribution in [2.45, 2.75) is 122 Å². The number of aryl methyl sites for hydroxylation is 4. The maximum atomic E-state index is 2.61. The van der Waals surface area contributed by atoms with Crippen LogP contribution in [0.2, 0.25) is 0 Å². The van der Waals surface area contributed by atoms with Crippen LogP contribution in [0.5, 0.6) is 0 Å². The molecular formula is C55H59N. The zero-order valence-electron chi connectivity index (χ0n) is 34.5. The van der Waals surface area contributed by atoms with E-state index in [9.17, 15) is 0 Å². The Hall–Kier alpha value is -4.88. The van der Waals surface area contributed by atoms with Crippen molar-refractivity contribution in [1.82, 2.24) is 0 Å². The first-order chi connectivity index (χ1) is 27.4. The number of anilines is 3. The van der Waals surface area contributed by atoms with E-state index in [0.29, 0.717) is 0 Å². The number of hydrogen-bond donors (Lipinski definition) is 0. The summed E-state index contributed by atoms with van der Waals surface area (Å²) in [5.74, 6) is 0. The van der Waals surface area contributed by atoms with Crippen LogP contribution in [0, 0.1) is 13.8 Å². The molecule has 0 aliphatic heterocycles. The fourth-order valence-corrected chi connectivity index (χ4v) is 10.7. The summed E-state index contributed by atoms with van der Waals surface area (Å²) in [5, 5.41) is 0. The third-order valence-electron chi connectivity index (χ3n) is 14.0. The smallest absolute Gasteiger partial charge is 0.0468 e. The van der Waals surface area contributed by atoms with Crippen molar-refractivity contribution < 1.29 is 0 Å². The van der Waals surface area contributed by atoms with Crippen molar-refractivity contribution in [3.63, 3.8) is 0 Å². The highest BCUT2D eigenvalue weighted by Gasteiger charge is 2.44. The number of unbranched alkanes of at least 4 members (excludes halogenated alkanes) is 6. The van der Waals surface area contributed by atoms with Gasteiger partial charge in [0.15, 0.2) is 0 Å². The Morgan fingerprint density at radius 1 is 0.464 bits per heavy atom. The Labute approximate surface area is 336 Å². The average molecular weight is 734 g/mol. The monoisotopic (exact) mass is 733 g/mol. The van der Waals surface area contributed by atoms with Crippen molar-refractivity contribution >= 4 is 17.1 Å². The predicted octanol–water partition coefficient (Wildman–Crippen LogP) is 15.4. The minimum Gasteiger partial charge on any atom is -0.310 e. The molecule has 3 aliphatic carbocycles. The first kappa shape index (κ1) is 36.7. The highest BCUT2D eigenvalue weighted by molar-refractivity contribution is 5.90. The SMILES string of the molecule is CCCCCCC1(CCCCCC)c2cc(C)ccc2-c2ccc(N(c3ccc(C)cc3)c3ccc4c(c3)-c3ccccc3C4(C)c3ccc4c(c3)CC4)cc21. The van der Waals surface area contributed by atoms with Crippen LogP contribution in [0.4, 0.5) is 17.1 Å². The van der Waals surface area contributed by atoms with E-state index in [-0.39, 0.29) is 10.8 Å². The molecular weight excluding hydrogens is 675 g/mol. The van der Waals surface area contributed by atoms with E-state index >= 15 is 0 Å². The summed E-state index contributed by atoms with van der Waals surface area (Å²) in [4.78, 5) is 2.54. The first-order valence-corrected chi connectivity index (χ1v) is 21.9. The van der Waals surface area contributed by atoms with Gasteiger partial charge in [0.05, 0.1) is 0 Å². The Bertz CT molecular complexity index is 2380. The highest BCUT2D eigenvalue weighted by atomic mass is 15.1. The molecule has 0 aromatic heterocycles. The van der Waals surface area contributed by atoms with Crippen molar-refractivity contribution in [3.8, 4) is 22.3 Å². The minimum atomic E-state index is -0.198. The quantitative estimate of drug-likeness (QED) is 0.101. The van der Waals surface area contributed by atoms with Gasteiger partial charge in [-0.25, -0.2) is 0 Å². The number of rotatable bonds is 14. The predicted molar refractivity (Wildman–Crippen MR) is 239 cm³/mol. The van der Waals surface area contributed by atoms with E-state index in [0.717, 1.165) is 0 Å². The largest absolute Gasteiger partial charge is 0.310 e. The summed E-state index contributed by atoms with van der Waals surface area (Å²) in [6, 6.07) is 47.7. The third-order valence-corrected chi connectivity index (χ3v) is 14.0. The van der Waals surface area contributed by atoms with Crippen LogP contribution in [-0.2, 0) is 23.7 Å². The Kier molecular flexibility index (Phi) is 9.77. The van der Waals surface area contributed by atoms with Crippen LogP contribution in [0.3, 0.4) is 0 Å². The average Bonchev–Trinajstić information content (AvgIpc) is 3.62. The van der Waals surface area contributed by atoms with E-state index in [4.69, 9.17) is 0 Å². The Morgan fingerprint density at radius 3 is 1.75 bits per heavy atom. The molecule has 1 nitrogen and oxygen atoms in total. The van der Waals surface area contributed by atoms with Crippen LogP contribution >= 0.6 is 0 Å². The van der Waals surface area contributed by atoms with Crippen molar-refractivity contribution in [1.29, 1.82) is 0 Å². The van der Waals surface area contributed by atoms with Gasteiger partial charge in [-0.2, -0.15) is 0 Å². The van der Waals surface area contributed by atoms with Crippen LogP contribution in [0.1, 0.15) is 135 Å². The summed E-state index contributed by atoms with van der Waals surface area (Å²) in [7, 11) is 0. The molecule has 6 aromatic rings. The van der Waals surface area contributed by atoms with Crippen LogP contribution < -0.4 is 4.90 Å². The van der Waals surface area contributed by atoms with E-state index < -0.39 is 0 Å². The highest BCUT2D eigenvalue weighted by Crippen LogP contribution is 2.57. The van der Waals surface area contributed by atoms with Gasteiger partial charge in [0.1, 0.15) is 0 Å². The molecule has 0 radical (unpaired) electrons. The summed E-state index contributed by atoms with van der Waals surface area (Å²) in [5.41, 5.74) is 22.1. The normalized spacial score (nSPS) is 16.7. The second kappa shape index (κ2) is 14.9. The zero-order chi connectivity index (χ0) is 38.4. The number of hydrogen-bond acceptors (Lipinski definition) is 1. The van der Waals surface area contributed by atoms with Gasteiger partial charge < -0.3 is 4.90 Å². The van der Waals surface area contributed by atoms with Crippen molar-refractivity contribution in [2.75, 3.05) is 4.90 Å². The molecule has 0 fully saturated rings. The zero-order valence-corrected chi connectivity index (χ0v) is 34.5. The molecule has 0 saturated carbocycles. The summed E-state index contributed by atoms with van der Waals surface area (Å²) >= 11 is 0. The maximum absolute atomic E-state index is 2.61. The number of fused-ring (bicyclic) bond motifs is 7. The van der Waals surface area contributed by atoms with Gasteiger partial charge in [0.2, 0.25) is 0 Å². The van der Waals surface area contributed by atoms with Crippen LogP contribution in [0.25, 0.3) is 22.3 Å². The van der Waals surface area contributed by atoms with Gasteiger partial charge in [-0.3, -0.25) is 0 Å². The van der Waals surface area contributed by atoms with Gasteiger partial charge in [0.25, 0.3) is 0 Å². The summed E-state index contributed by atoms with van der Waals surface area (Å²) in [6.07, 6.45) is 15.2. The molecule has 0 amide bonds. The second-order valence-corrected chi connectivity index (χ2v) is 17.5. The molecule has 3 aliphatic rings. The van der Waals surface area contributed by atoms with Crippen LogP contribution in [0.15, 0.2) is 121 Å². The lowest BCUT2D eigenvalue weighted by molar-refractivity contribution is 0.401. The number of benzene rings is 6. The molecule has 0 N–H and O–H groups in total. The fraction of sp³-hybridized carbons (Fsp3) is 0.345. The number of nitrogens with zero attached hydrogens (tertiary/aromatic N) is 1. The summed E-state index contributed by atoms with van der Waals surface area (Å²) < 4.78 is 0. The molecule has 0 saturated heterocycles. The van der Waals surface area contributed by atoms with Gasteiger partial charge in [0, 0.05) is 27.9 Å². The third kappa shape index (κ3) is 6.05. The van der Waals surface area contributed by atoms with Crippen molar-refractivity contribution in [3.05, 3.63) is 171 Å². The first-order valence-electron chi connectivity index (χ1n) is 21.9. The lowest BCUT2D eigenvalue weighted by atomic mass is 9.70. The van der Waals surface area contributed by atoms with Crippen molar-refractivity contribution in [2.24, 2.45) is 0 Å². The van der Waals surface area contributed by atoms with Gasteiger partial charge in [-0.05, 0) is 144 Å². The van der Waals surface area contributed by atoms with Gasteiger partial charge in [-0.1, -0.05) is 161 Å². The summed E-state index contributed by atoms with van der Waals surface area (Å²) in [6.45, 7) is 11.6. The molecule has 9 rings (SSSR count). The molecule has 56 heavy (non-hydrogen) atoms. The van der Waals surface area contributed by atoms with E-state index in [1.165, 1.54) is 155 Å². The molecule has 1 unspecified atom stereocenters. The minimum absolute atomic E-state index is 0.0305. The van der Waals surface area contributed by atoms with E-state index in [1.807, 2.05) is 0 Å². The van der Waals surface area contributed by atoms with E-state index in [1.54, 1.807) is 11.1 Å². The molecule has 1 atom stereocenters. The molecule has 1 heteroatoms. The molecule has 6 aromatic carbocycles. The topological polar surface area (TPSA) is 3.24 Å². The second-order valence-electron chi connectivity index (χ2n) is 17.5.